The Morgan fingerprint density at radius 1 is 1.15 bits per heavy atom. The van der Waals surface area contributed by atoms with E-state index < -0.39 is 0 Å². The van der Waals surface area contributed by atoms with E-state index in [1.165, 1.54) is 5.56 Å². The molecule has 102 valence electrons. The molecule has 1 aliphatic heterocycles. The normalized spacial score (nSPS) is 21.6. The Bertz CT molecular complexity index is 571. The second-order valence-electron chi connectivity index (χ2n) is 5.01. The second kappa shape index (κ2) is 5.84. The van der Waals surface area contributed by atoms with Crippen LogP contribution in [-0.2, 0) is 4.79 Å². The molecule has 1 aromatic heterocycles. The van der Waals surface area contributed by atoms with Gasteiger partial charge in [-0.1, -0.05) is 30.3 Å². The molecule has 0 aliphatic carbocycles. The average molecular weight is 267 g/mol. The summed E-state index contributed by atoms with van der Waals surface area (Å²) >= 11 is 0. The molecular weight excluding hydrogens is 250 g/mol. The smallest absolute Gasteiger partial charge is 0.229 e. The van der Waals surface area contributed by atoms with Crippen molar-refractivity contribution in [3.8, 4) is 0 Å². The van der Waals surface area contributed by atoms with Gasteiger partial charge in [0.25, 0.3) is 0 Å². The Balaban J connectivity index is 1.74. The molecule has 0 unspecified atom stereocenters. The maximum absolute atomic E-state index is 12.4. The van der Waals surface area contributed by atoms with E-state index in [-0.39, 0.29) is 17.7 Å². The highest BCUT2D eigenvalue weighted by Crippen LogP contribution is 2.28. The number of pyridine rings is 1. The molecule has 20 heavy (non-hydrogen) atoms. The number of rotatable bonds is 3. The zero-order valence-corrected chi connectivity index (χ0v) is 11.1. The van der Waals surface area contributed by atoms with Gasteiger partial charge in [-0.05, 0) is 17.7 Å². The average Bonchev–Trinajstić information content (AvgIpc) is 2.99. The molecule has 1 amide bonds. The zero-order valence-electron chi connectivity index (χ0n) is 11.1. The SMILES string of the molecule is O=C(Nc1cccnc1)[C@@H]1CNC[C@H]1c1ccccc1. The zero-order chi connectivity index (χ0) is 13.8. The fourth-order valence-electron chi connectivity index (χ4n) is 2.68. The minimum atomic E-state index is -0.0439. The van der Waals surface area contributed by atoms with Gasteiger partial charge in [0.15, 0.2) is 0 Å². The van der Waals surface area contributed by atoms with Gasteiger partial charge in [0.1, 0.15) is 0 Å². The van der Waals surface area contributed by atoms with Crippen LogP contribution in [0.5, 0.6) is 0 Å². The van der Waals surface area contributed by atoms with E-state index in [0.29, 0.717) is 6.54 Å². The molecule has 1 saturated heterocycles. The number of amides is 1. The third kappa shape index (κ3) is 2.70. The van der Waals surface area contributed by atoms with Crippen molar-refractivity contribution in [2.75, 3.05) is 18.4 Å². The largest absolute Gasteiger partial charge is 0.324 e. The van der Waals surface area contributed by atoms with Crippen molar-refractivity contribution in [2.24, 2.45) is 5.92 Å². The molecule has 2 N–H and O–H groups in total. The van der Waals surface area contributed by atoms with Crippen LogP contribution in [0.3, 0.4) is 0 Å². The summed E-state index contributed by atoms with van der Waals surface area (Å²) in [5.41, 5.74) is 1.96. The lowest BCUT2D eigenvalue weighted by Crippen LogP contribution is -2.28. The standard InChI is InChI=1S/C16H17N3O/c20-16(19-13-7-4-8-17-9-13)15-11-18-10-14(15)12-5-2-1-3-6-12/h1-9,14-15,18H,10-11H2,(H,19,20)/t14-,15+/m0/s1. The second-order valence-corrected chi connectivity index (χ2v) is 5.01. The predicted molar refractivity (Wildman–Crippen MR) is 78.4 cm³/mol. The Morgan fingerprint density at radius 2 is 2.00 bits per heavy atom. The van der Waals surface area contributed by atoms with Crippen LogP contribution in [0.25, 0.3) is 0 Å². The molecule has 2 aromatic rings. The number of aromatic nitrogens is 1. The van der Waals surface area contributed by atoms with Gasteiger partial charge in [-0.15, -0.1) is 0 Å². The number of anilines is 1. The van der Waals surface area contributed by atoms with Crippen molar-refractivity contribution in [2.45, 2.75) is 5.92 Å². The number of carbonyl (C=O) groups excluding carboxylic acids is 1. The highest BCUT2D eigenvalue weighted by atomic mass is 16.1. The van der Waals surface area contributed by atoms with Crippen molar-refractivity contribution in [1.29, 1.82) is 0 Å². The summed E-state index contributed by atoms with van der Waals surface area (Å²) in [7, 11) is 0. The summed E-state index contributed by atoms with van der Waals surface area (Å²) in [5.74, 6) is 0.238. The van der Waals surface area contributed by atoms with Gasteiger partial charge in [-0.25, -0.2) is 0 Å². The predicted octanol–water partition coefficient (Wildman–Crippen LogP) is 2.02. The van der Waals surface area contributed by atoms with E-state index in [4.69, 9.17) is 0 Å². The van der Waals surface area contributed by atoms with Crippen LogP contribution in [0, 0.1) is 5.92 Å². The van der Waals surface area contributed by atoms with E-state index >= 15 is 0 Å². The summed E-state index contributed by atoms with van der Waals surface area (Å²) in [6, 6.07) is 13.9. The minimum absolute atomic E-state index is 0.0439. The molecule has 0 radical (unpaired) electrons. The van der Waals surface area contributed by atoms with Gasteiger partial charge < -0.3 is 10.6 Å². The van der Waals surface area contributed by atoms with Crippen LogP contribution in [0.15, 0.2) is 54.9 Å². The molecule has 1 aliphatic rings. The Kier molecular flexibility index (Phi) is 3.74. The Hall–Kier alpha value is -2.20. The maximum Gasteiger partial charge on any atom is 0.229 e. The fourth-order valence-corrected chi connectivity index (χ4v) is 2.68. The van der Waals surface area contributed by atoms with Gasteiger partial charge in [0.2, 0.25) is 5.91 Å². The maximum atomic E-state index is 12.4. The molecule has 4 heteroatoms. The van der Waals surface area contributed by atoms with Gasteiger partial charge in [-0.3, -0.25) is 9.78 Å². The first-order valence-corrected chi connectivity index (χ1v) is 6.81. The number of hydrogen-bond acceptors (Lipinski definition) is 3. The van der Waals surface area contributed by atoms with Gasteiger partial charge in [0, 0.05) is 25.2 Å². The third-order valence-corrected chi connectivity index (χ3v) is 3.71. The van der Waals surface area contributed by atoms with Crippen molar-refractivity contribution in [1.82, 2.24) is 10.3 Å². The highest BCUT2D eigenvalue weighted by molar-refractivity contribution is 5.93. The highest BCUT2D eigenvalue weighted by Gasteiger charge is 2.33. The molecule has 3 rings (SSSR count). The van der Waals surface area contributed by atoms with Crippen LogP contribution >= 0.6 is 0 Å². The molecule has 2 atom stereocenters. The summed E-state index contributed by atoms with van der Waals surface area (Å²) in [4.78, 5) is 16.4. The summed E-state index contributed by atoms with van der Waals surface area (Å²) in [6.07, 6.45) is 3.36. The first-order valence-electron chi connectivity index (χ1n) is 6.81. The molecule has 0 saturated carbocycles. The molecule has 2 heterocycles. The van der Waals surface area contributed by atoms with Crippen molar-refractivity contribution >= 4 is 11.6 Å². The number of hydrogen-bond donors (Lipinski definition) is 2. The molecule has 1 aromatic carbocycles. The van der Waals surface area contributed by atoms with Crippen LogP contribution in [0.1, 0.15) is 11.5 Å². The van der Waals surface area contributed by atoms with Gasteiger partial charge in [-0.2, -0.15) is 0 Å². The number of benzene rings is 1. The van der Waals surface area contributed by atoms with E-state index in [1.54, 1.807) is 12.4 Å². The minimum Gasteiger partial charge on any atom is -0.324 e. The first-order chi connectivity index (χ1) is 9.84. The van der Waals surface area contributed by atoms with Gasteiger partial charge in [0.05, 0.1) is 17.8 Å². The van der Waals surface area contributed by atoms with E-state index in [0.717, 1.165) is 12.2 Å². The lowest BCUT2D eigenvalue weighted by molar-refractivity contribution is -0.119. The Labute approximate surface area is 118 Å². The van der Waals surface area contributed by atoms with Crippen molar-refractivity contribution in [3.05, 3.63) is 60.4 Å². The first kappa shape index (κ1) is 12.8. The lowest BCUT2D eigenvalue weighted by atomic mass is 9.88. The topological polar surface area (TPSA) is 54.0 Å². The van der Waals surface area contributed by atoms with E-state index in [9.17, 15) is 4.79 Å². The number of nitrogens with one attached hydrogen (secondary N) is 2. The lowest BCUT2D eigenvalue weighted by Gasteiger charge is -2.18. The third-order valence-electron chi connectivity index (χ3n) is 3.71. The molecule has 4 nitrogen and oxygen atoms in total. The molecular formula is C16H17N3O. The van der Waals surface area contributed by atoms with E-state index in [1.807, 2.05) is 30.3 Å². The van der Waals surface area contributed by atoms with Gasteiger partial charge >= 0.3 is 0 Å². The van der Waals surface area contributed by atoms with Crippen LogP contribution in [0.2, 0.25) is 0 Å². The van der Waals surface area contributed by atoms with Crippen LogP contribution < -0.4 is 10.6 Å². The van der Waals surface area contributed by atoms with Crippen LogP contribution in [-0.4, -0.2) is 24.0 Å². The molecule has 0 spiro atoms. The summed E-state index contributed by atoms with van der Waals surface area (Å²) < 4.78 is 0. The quantitative estimate of drug-likeness (QED) is 0.894. The van der Waals surface area contributed by atoms with Crippen molar-refractivity contribution < 1.29 is 4.79 Å². The molecule has 0 bridgehead atoms. The number of nitrogens with zero attached hydrogens (tertiary/aromatic N) is 1. The fraction of sp³-hybridized carbons (Fsp3) is 0.250. The van der Waals surface area contributed by atoms with Crippen LogP contribution in [0.4, 0.5) is 5.69 Å². The van der Waals surface area contributed by atoms with E-state index in [2.05, 4.69) is 27.8 Å². The monoisotopic (exact) mass is 267 g/mol. The molecule has 1 fully saturated rings. The summed E-state index contributed by atoms with van der Waals surface area (Å²) in [5, 5.41) is 6.25. The summed E-state index contributed by atoms with van der Waals surface area (Å²) in [6.45, 7) is 1.56. The van der Waals surface area contributed by atoms with Crippen molar-refractivity contribution in [3.63, 3.8) is 0 Å². The Morgan fingerprint density at radius 3 is 2.75 bits per heavy atom. The number of carbonyl (C=O) groups is 1.